The summed E-state index contributed by atoms with van der Waals surface area (Å²) in [5, 5.41) is 8.65. The van der Waals surface area contributed by atoms with E-state index in [9.17, 15) is 4.79 Å². The van der Waals surface area contributed by atoms with Crippen molar-refractivity contribution < 1.29 is 19.0 Å². The first-order valence-electron chi connectivity index (χ1n) is 11.6. The molecule has 0 amide bonds. The molecule has 8 nitrogen and oxygen atoms in total. The minimum atomic E-state index is -0.494. The van der Waals surface area contributed by atoms with E-state index < -0.39 is 6.04 Å². The summed E-state index contributed by atoms with van der Waals surface area (Å²) in [7, 11) is 1.62. The van der Waals surface area contributed by atoms with Gasteiger partial charge in [-0.05, 0) is 44.4 Å². The Morgan fingerprint density at radius 2 is 1.97 bits per heavy atom. The van der Waals surface area contributed by atoms with Crippen molar-refractivity contribution >= 4 is 23.7 Å². The van der Waals surface area contributed by atoms with E-state index in [0.717, 1.165) is 37.0 Å². The number of aromatic nitrogens is 3. The van der Waals surface area contributed by atoms with E-state index >= 15 is 0 Å². The minimum absolute atomic E-state index is 0.290. The van der Waals surface area contributed by atoms with Gasteiger partial charge in [0.05, 0.1) is 25.9 Å². The van der Waals surface area contributed by atoms with Crippen LogP contribution in [0.3, 0.4) is 0 Å². The molecule has 0 radical (unpaired) electrons. The molecule has 1 aromatic carbocycles. The number of carbonyl (C=O) groups is 1. The lowest BCUT2D eigenvalue weighted by molar-refractivity contribution is -0.139. The Labute approximate surface area is 200 Å². The van der Waals surface area contributed by atoms with Crippen LogP contribution in [-0.4, -0.2) is 46.8 Å². The van der Waals surface area contributed by atoms with Crippen LogP contribution in [0.2, 0.25) is 0 Å². The van der Waals surface area contributed by atoms with Crippen molar-refractivity contribution in [2.45, 2.75) is 64.6 Å². The molecule has 0 aliphatic carbocycles. The van der Waals surface area contributed by atoms with E-state index in [1.54, 1.807) is 30.5 Å². The van der Waals surface area contributed by atoms with Crippen molar-refractivity contribution in [1.29, 1.82) is 0 Å². The molecule has 1 atom stereocenters. The highest BCUT2D eigenvalue weighted by atomic mass is 32.2. The maximum atomic E-state index is 13.0. The first-order chi connectivity index (χ1) is 16.0. The summed E-state index contributed by atoms with van der Waals surface area (Å²) in [4.78, 5) is 17.6. The van der Waals surface area contributed by atoms with Crippen LogP contribution in [0.4, 0.5) is 5.95 Å². The summed E-state index contributed by atoms with van der Waals surface area (Å²) < 4.78 is 18.7. The van der Waals surface area contributed by atoms with Gasteiger partial charge in [0.15, 0.2) is 11.5 Å². The molecular weight excluding hydrogens is 440 g/mol. The Morgan fingerprint density at radius 3 is 2.67 bits per heavy atom. The SMILES string of the molecule is CCCCOc1ccc(C2C(C(=O)OCC)=C(C)Nc3nc(SCCCC)nn32)cc1OC. The second kappa shape index (κ2) is 12.0. The van der Waals surface area contributed by atoms with Crippen LogP contribution in [0.1, 0.15) is 65.0 Å². The highest BCUT2D eigenvalue weighted by Gasteiger charge is 2.35. The van der Waals surface area contributed by atoms with Crippen LogP contribution < -0.4 is 14.8 Å². The Hall–Kier alpha value is -2.68. The van der Waals surface area contributed by atoms with Gasteiger partial charge in [-0.3, -0.25) is 0 Å². The van der Waals surface area contributed by atoms with E-state index in [1.807, 2.05) is 25.1 Å². The molecule has 0 saturated heterocycles. The number of carbonyl (C=O) groups excluding carboxylic acids is 1. The van der Waals surface area contributed by atoms with E-state index in [2.05, 4.69) is 24.1 Å². The van der Waals surface area contributed by atoms with Gasteiger partial charge in [-0.15, -0.1) is 5.10 Å². The average Bonchev–Trinajstić information content (AvgIpc) is 3.21. The molecule has 1 aliphatic heterocycles. The number of benzene rings is 1. The van der Waals surface area contributed by atoms with Crippen LogP contribution in [0, 0.1) is 0 Å². The van der Waals surface area contributed by atoms with Gasteiger partial charge in [-0.2, -0.15) is 4.98 Å². The zero-order chi connectivity index (χ0) is 23.8. The summed E-state index contributed by atoms with van der Waals surface area (Å²) in [5.41, 5.74) is 2.04. The number of nitrogens with one attached hydrogen (secondary N) is 1. The fraction of sp³-hybridized carbons (Fsp3) is 0.542. The average molecular weight is 475 g/mol. The first kappa shape index (κ1) is 25.0. The number of anilines is 1. The molecule has 0 bridgehead atoms. The fourth-order valence-corrected chi connectivity index (χ4v) is 4.49. The number of thioether (sulfide) groups is 1. The van der Waals surface area contributed by atoms with Gasteiger partial charge in [0.2, 0.25) is 11.1 Å². The van der Waals surface area contributed by atoms with Crippen molar-refractivity contribution in [2.75, 3.05) is 31.4 Å². The van der Waals surface area contributed by atoms with Crippen LogP contribution >= 0.6 is 11.8 Å². The van der Waals surface area contributed by atoms with Gasteiger partial charge in [-0.1, -0.05) is 44.5 Å². The fourth-order valence-electron chi connectivity index (χ4n) is 3.58. The number of methoxy groups -OCH3 is 1. The highest BCUT2D eigenvalue weighted by molar-refractivity contribution is 7.99. The van der Waals surface area contributed by atoms with Crippen LogP contribution in [-0.2, 0) is 9.53 Å². The third-order valence-electron chi connectivity index (χ3n) is 5.32. The maximum Gasteiger partial charge on any atom is 0.338 e. The lowest BCUT2D eigenvalue weighted by atomic mass is 9.95. The predicted molar refractivity (Wildman–Crippen MR) is 130 cm³/mol. The van der Waals surface area contributed by atoms with Gasteiger partial charge in [-0.25, -0.2) is 9.48 Å². The molecule has 0 fully saturated rings. The maximum absolute atomic E-state index is 13.0. The Bertz CT molecular complexity index is 989. The van der Waals surface area contributed by atoms with Crippen molar-refractivity contribution in [2.24, 2.45) is 0 Å². The molecule has 2 aromatic rings. The third-order valence-corrected chi connectivity index (χ3v) is 6.24. The number of hydrogen-bond acceptors (Lipinski definition) is 8. The Kier molecular flexibility index (Phi) is 9.05. The Morgan fingerprint density at radius 1 is 1.18 bits per heavy atom. The summed E-state index contributed by atoms with van der Waals surface area (Å²) in [6.07, 6.45) is 4.22. The molecule has 180 valence electrons. The molecule has 3 rings (SSSR count). The third kappa shape index (κ3) is 5.82. The van der Waals surface area contributed by atoms with Gasteiger partial charge in [0.1, 0.15) is 6.04 Å². The van der Waals surface area contributed by atoms with Gasteiger partial charge < -0.3 is 19.5 Å². The smallest absolute Gasteiger partial charge is 0.338 e. The normalized spacial score (nSPS) is 15.1. The highest BCUT2D eigenvalue weighted by Crippen LogP contribution is 2.39. The molecule has 1 aromatic heterocycles. The second-order valence-electron chi connectivity index (χ2n) is 7.76. The topological polar surface area (TPSA) is 87.5 Å². The van der Waals surface area contributed by atoms with Crippen LogP contribution in [0.25, 0.3) is 0 Å². The molecule has 9 heteroatoms. The molecule has 1 N–H and O–H groups in total. The van der Waals surface area contributed by atoms with Crippen LogP contribution in [0.5, 0.6) is 11.5 Å². The molecule has 2 heterocycles. The first-order valence-corrected chi connectivity index (χ1v) is 12.6. The lowest BCUT2D eigenvalue weighted by Crippen LogP contribution is -2.29. The van der Waals surface area contributed by atoms with Crippen LogP contribution in [0.15, 0.2) is 34.6 Å². The lowest BCUT2D eigenvalue weighted by Gasteiger charge is -2.28. The van der Waals surface area contributed by atoms with Crippen molar-refractivity contribution in [1.82, 2.24) is 14.8 Å². The summed E-state index contributed by atoms with van der Waals surface area (Å²) in [6, 6.07) is 5.24. The second-order valence-corrected chi connectivity index (χ2v) is 8.83. The summed E-state index contributed by atoms with van der Waals surface area (Å²) >= 11 is 1.62. The zero-order valence-electron chi connectivity index (χ0n) is 20.1. The van der Waals surface area contributed by atoms with Gasteiger partial charge >= 0.3 is 5.97 Å². The van der Waals surface area contributed by atoms with Crippen molar-refractivity contribution in [3.05, 3.63) is 35.0 Å². The van der Waals surface area contributed by atoms with Gasteiger partial charge in [0.25, 0.3) is 0 Å². The number of nitrogens with zero attached hydrogens (tertiary/aromatic N) is 3. The van der Waals surface area contributed by atoms with E-state index in [-0.39, 0.29) is 12.6 Å². The summed E-state index contributed by atoms with van der Waals surface area (Å²) in [5.74, 6) is 2.46. The van der Waals surface area contributed by atoms with Crippen molar-refractivity contribution in [3.8, 4) is 11.5 Å². The zero-order valence-corrected chi connectivity index (χ0v) is 21.0. The van der Waals surface area contributed by atoms with Gasteiger partial charge in [0, 0.05) is 11.4 Å². The van der Waals surface area contributed by atoms with E-state index in [0.29, 0.717) is 40.5 Å². The number of rotatable bonds is 12. The van der Waals surface area contributed by atoms with E-state index in [4.69, 9.17) is 19.3 Å². The van der Waals surface area contributed by atoms with E-state index in [1.165, 1.54) is 0 Å². The quantitative estimate of drug-likeness (QED) is 0.255. The largest absolute Gasteiger partial charge is 0.493 e. The number of unbranched alkanes of at least 4 members (excludes halogenated alkanes) is 2. The molecule has 33 heavy (non-hydrogen) atoms. The number of esters is 1. The number of fused-ring (bicyclic) bond motifs is 1. The molecule has 1 aliphatic rings. The molecule has 1 unspecified atom stereocenters. The predicted octanol–water partition coefficient (Wildman–Crippen LogP) is 5.21. The number of ether oxygens (including phenoxy) is 3. The van der Waals surface area contributed by atoms with Crippen molar-refractivity contribution in [3.63, 3.8) is 0 Å². The number of allylic oxidation sites excluding steroid dienone is 1. The monoisotopic (exact) mass is 474 g/mol. The summed E-state index contributed by atoms with van der Waals surface area (Å²) in [6.45, 7) is 8.85. The molecule has 0 saturated carbocycles. The Balaban J connectivity index is 2.02. The standard InChI is InChI=1S/C24H34N4O4S/c1-6-9-13-32-18-12-11-17(15-19(18)30-5)21-20(22(29)31-8-3)16(4)25-23-26-24(27-28(21)23)33-14-10-7-2/h11-12,15,21H,6-10,13-14H2,1-5H3,(H,25,26,27). The minimum Gasteiger partial charge on any atom is -0.493 e. The molecule has 0 spiro atoms. The number of hydrogen-bond donors (Lipinski definition) is 1. The molecular formula is C24H34N4O4S.